The zero-order valence-corrected chi connectivity index (χ0v) is 22.3. The number of carbonyl (C=O) groups is 3. The van der Waals surface area contributed by atoms with Crippen molar-refractivity contribution in [1.82, 2.24) is 15.1 Å². The second-order valence-electron chi connectivity index (χ2n) is 8.57. The number of nitrogens with zero attached hydrogens (tertiary/aromatic N) is 2. The van der Waals surface area contributed by atoms with Crippen LogP contribution in [0.2, 0.25) is 0 Å². The van der Waals surface area contributed by atoms with Crippen molar-refractivity contribution in [2.75, 3.05) is 25.5 Å². The van der Waals surface area contributed by atoms with E-state index in [9.17, 15) is 19.5 Å². The van der Waals surface area contributed by atoms with Crippen LogP contribution in [0.4, 0.5) is 15.3 Å². The van der Waals surface area contributed by atoms with Crippen molar-refractivity contribution in [1.29, 1.82) is 0 Å². The number of ether oxygens (including phenoxy) is 1. The Hall–Kier alpha value is -2.79. The number of piperidine rings is 1. The molecule has 0 radical (unpaired) electrons. The van der Waals surface area contributed by atoms with Gasteiger partial charge in [-0.2, -0.15) is 0 Å². The fourth-order valence-corrected chi connectivity index (χ4v) is 5.73. The van der Waals surface area contributed by atoms with E-state index in [0.29, 0.717) is 41.4 Å². The molecule has 0 unspecified atom stereocenters. The lowest BCUT2D eigenvalue weighted by molar-refractivity contribution is -0.142. The van der Waals surface area contributed by atoms with Crippen molar-refractivity contribution in [2.45, 2.75) is 37.9 Å². The molecule has 1 atom stereocenters. The maximum Gasteiger partial charge on any atom is 0.328 e. The fourth-order valence-electron chi connectivity index (χ4n) is 4.45. The summed E-state index contributed by atoms with van der Waals surface area (Å²) in [7, 11) is 1.28. The number of fused-ring (bicyclic) bond motifs is 1. The number of anilines is 1. The van der Waals surface area contributed by atoms with E-state index in [-0.39, 0.29) is 30.3 Å². The van der Waals surface area contributed by atoms with Gasteiger partial charge in [-0.05, 0) is 74.0 Å². The number of methoxy groups -OCH3 is 1. The van der Waals surface area contributed by atoms with Crippen LogP contribution in [0.25, 0.3) is 0 Å². The number of benzene rings is 2. The van der Waals surface area contributed by atoms with Gasteiger partial charge in [0.1, 0.15) is 11.8 Å². The number of nitrogens with one attached hydrogen (secondary N) is 2. The van der Waals surface area contributed by atoms with Gasteiger partial charge in [0, 0.05) is 37.8 Å². The highest BCUT2D eigenvalue weighted by atomic mass is 79.9. The number of carbonyl (C=O) groups excluding carboxylic acids is 3. The molecule has 186 valence electrons. The Morgan fingerprint density at radius 1 is 1.20 bits per heavy atom. The third-order valence-electron chi connectivity index (χ3n) is 6.35. The smallest absolute Gasteiger partial charge is 0.328 e. The summed E-state index contributed by atoms with van der Waals surface area (Å²) in [4.78, 5) is 41.5. The van der Waals surface area contributed by atoms with Gasteiger partial charge in [-0.1, -0.05) is 18.2 Å². The molecule has 3 N–H and O–H groups in total. The number of urea groups is 2. The number of hydrogen-bond donors (Lipinski definition) is 3. The van der Waals surface area contributed by atoms with Gasteiger partial charge in [0.25, 0.3) is 0 Å². The van der Waals surface area contributed by atoms with E-state index in [1.807, 2.05) is 29.2 Å². The van der Waals surface area contributed by atoms with Crippen molar-refractivity contribution in [2.24, 2.45) is 0 Å². The minimum Gasteiger partial charge on any atom is -0.506 e. The monoisotopic (exact) mass is 608 g/mol. The van der Waals surface area contributed by atoms with E-state index in [4.69, 9.17) is 4.74 Å². The van der Waals surface area contributed by atoms with Gasteiger partial charge in [0.05, 0.1) is 16.1 Å². The number of aromatic hydroxyl groups is 1. The molecule has 4 amide bonds. The molecule has 2 aromatic carbocycles. The lowest BCUT2D eigenvalue weighted by atomic mass is 10.0. The van der Waals surface area contributed by atoms with Crippen LogP contribution >= 0.6 is 31.9 Å². The van der Waals surface area contributed by atoms with Crippen LogP contribution in [-0.4, -0.2) is 65.2 Å². The second-order valence-corrected chi connectivity index (χ2v) is 10.3. The molecule has 0 bridgehead atoms. The second kappa shape index (κ2) is 10.9. The molecule has 0 aliphatic carbocycles. The van der Waals surface area contributed by atoms with E-state index in [1.165, 1.54) is 7.11 Å². The SMILES string of the molecule is COC(=O)[C@@H](Cc1cc(Br)c(O)c(Br)c1)NC(=O)N1CCC(N2Cc3ccccc3NC2=O)CC1. The van der Waals surface area contributed by atoms with Crippen molar-refractivity contribution < 1.29 is 24.2 Å². The molecule has 4 rings (SSSR count). The summed E-state index contributed by atoms with van der Waals surface area (Å²) in [6.07, 6.45) is 1.48. The normalized spacial score (nSPS) is 16.8. The zero-order valence-electron chi connectivity index (χ0n) is 19.1. The molecular formula is C24H26Br2N4O5. The lowest BCUT2D eigenvalue weighted by Crippen LogP contribution is -2.54. The predicted octanol–water partition coefficient (Wildman–Crippen LogP) is 4.22. The summed E-state index contributed by atoms with van der Waals surface area (Å²) >= 11 is 6.56. The number of hydrogen-bond acceptors (Lipinski definition) is 5. The van der Waals surface area contributed by atoms with Crippen LogP contribution in [0.5, 0.6) is 5.75 Å². The van der Waals surface area contributed by atoms with Crippen molar-refractivity contribution in [3.63, 3.8) is 0 Å². The van der Waals surface area contributed by atoms with E-state index in [0.717, 1.165) is 16.8 Å². The molecule has 1 saturated heterocycles. The average Bonchev–Trinajstić information content (AvgIpc) is 2.86. The van der Waals surface area contributed by atoms with Gasteiger partial charge in [-0.25, -0.2) is 14.4 Å². The number of esters is 1. The summed E-state index contributed by atoms with van der Waals surface area (Å²) in [6, 6.07) is 9.78. The van der Waals surface area contributed by atoms with Crippen molar-refractivity contribution in [3.8, 4) is 5.75 Å². The Balaban J connectivity index is 1.36. The molecule has 2 aliphatic rings. The molecule has 11 heteroatoms. The molecule has 0 spiro atoms. The summed E-state index contributed by atoms with van der Waals surface area (Å²) in [6.45, 7) is 1.47. The Labute approximate surface area is 220 Å². The standard InChI is InChI=1S/C24H26Br2N4O5/c1-35-22(32)20(12-14-10-17(25)21(31)18(26)11-14)28-23(33)29-8-6-16(7-9-29)30-13-15-4-2-3-5-19(15)27-24(30)34/h2-5,10-11,16,20,31H,6-9,12-13H2,1H3,(H,27,34)(H,28,33)/t20-/m1/s1. The number of likely N-dealkylation sites (tertiary alicyclic amines) is 1. The first-order chi connectivity index (χ1) is 16.8. The molecule has 2 heterocycles. The summed E-state index contributed by atoms with van der Waals surface area (Å²) in [5, 5.41) is 15.6. The van der Waals surface area contributed by atoms with E-state index >= 15 is 0 Å². The highest BCUT2D eigenvalue weighted by Crippen LogP contribution is 2.34. The minimum absolute atomic E-state index is 0.0236. The predicted molar refractivity (Wildman–Crippen MR) is 137 cm³/mol. The molecule has 1 fully saturated rings. The van der Waals surface area contributed by atoms with Crippen LogP contribution in [0.1, 0.15) is 24.0 Å². The Morgan fingerprint density at radius 3 is 2.51 bits per heavy atom. The Bertz CT molecular complexity index is 1110. The minimum atomic E-state index is -0.891. The number of halogens is 2. The Kier molecular flexibility index (Phi) is 7.85. The quantitative estimate of drug-likeness (QED) is 0.440. The lowest BCUT2D eigenvalue weighted by Gasteiger charge is -2.40. The summed E-state index contributed by atoms with van der Waals surface area (Å²) < 4.78 is 5.85. The maximum absolute atomic E-state index is 13.0. The molecule has 35 heavy (non-hydrogen) atoms. The van der Waals surface area contributed by atoms with Gasteiger partial charge in [0.2, 0.25) is 0 Å². The molecule has 2 aliphatic heterocycles. The number of amides is 4. The van der Waals surface area contributed by atoms with Crippen molar-refractivity contribution >= 4 is 55.6 Å². The number of phenols is 1. The van der Waals surface area contributed by atoms with E-state index in [2.05, 4.69) is 42.5 Å². The first kappa shape index (κ1) is 25.3. The van der Waals surface area contributed by atoms with Crippen LogP contribution in [-0.2, 0) is 22.5 Å². The van der Waals surface area contributed by atoms with Gasteiger partial charge in [-0.3, -0.25) is 0 Å². The molecule has 0 saturated carbocycles. The van der Waals surface area contributed by atoms with E-state index < -0.39 is 12.0 Å². The van der Waals surface area contributed by atoms with Gasteiger partial charge >= 0.3 is 18.0 Å². The van der Waals surface area contributed by atoms with Crippen LogP contribution in [0.3, 0.4) is 0 Å². The molecular weight excluding hydrogens is 584 g/mol. The summed E-state index contributed by atoms with van der Waals surface area (Å²) in [5.41, 5.74) is 2.64. The van der Waals surface area contributed by atoms with Crippen LogP contribution < -0.4 is 10.6 Å². The maximum atomic E-state index is 13.0. The number of rotatable bonds is 5. The van der Waals surface area contributed by atoms with Crippen LogP contribution in [0, 0.1) is 0 Å². The average molecular weight is 610 g/mol. The van der Waals surface area contributed by atoms with Gasteiger partial charge in [-0.15, -0.1) is 0 Å². The fraction of sp³-hybridized carbons (Fsp3) is 0.375. The topological polar surface area (TPSA) is 111 Å². The molecule has 2 aromatic rings. The Morgan fingerprint density at radius 2 is 1.86 bits per heavy atom. The molecule has 9 nitrogen and oxygen atoms in total. The van der Waals surface area contributed by atoms with Gasteiger partial charge < -0.3 is 30.3 Å². The molecule has 0 aromatic heterocycles. The number of phenolic OH excluding ortho intramolecular Hbond substituents is 1. The zero-order chi connectivity index (χ0) is 25.1. The first-order valence-corrected chi connectivity index (χ1v) is 12.8. The van der Waals surface area contributed by atoms with E-state index in [1.54, 1.807) is 17.0 Å². The highest BCUT2D eigenvalue weighted by Gasteiger charge is 2.33. The third kappa shape index (κ3) is 5.72. The summed E-state index contributed by atoms with van der Waals surface area (Å²) in [5.74, 6) is -0.502. The van der Waals surface area contributed by atoms with Gasteiger partial charge in [0.15, 0.2) is 0 Å². The highest BCUT2D eigenvalue weighted by molar-refractivity contribution is 9.11. The number of para-hydroxylation sites is 1. The third-order valence-corrected chi connectivity index (χ3v) is 7.56. The first-order valence-electron chi connectivity index (χ1n) is 11.2. The van der Waals surface area contributed by atoms with Crippen molar-refractivity contribution in [3.05, 3.63) is 56.5 Å². The van der Waals surface area contributed by atoms with Crippen LogP contribution in [0.15, 0.2) is 45.3 Å². The largest absolute Gasteiger partial charge is 0.506 e.